The van der Waals surface area contributed by atoms with Crippen LogP contribution in [0, 0.1) is 24.5 Å². The van der Waals surface area contributed by atoms with Crippen molar-refractivity contribution in [2.75, 3.05) is 13.1 Å². The van der Waals surface area contributed by atoms with E-state index in [4.69, 9.17) is 0 Å². The summed E-state index contributed by atoms with van der Waals surface area (Å²) < 4.78 is 54.3. The minimum Gasteiger partial charge on any atom is -0.344 e. The average Bonchev–Trinajstić information content (AvgIpc) is 3.34. The van der Waals surface area contributed by atoms with E-state index in [1.807, 2.05) is 48.7 Å². The molecule has 1 aromatic heterocycles. The monoisotopic (exact) mass is 490 g/mol. The molecule has 9 heteroatoms. The summed E-state index contributed by atoms with van der Waals surface area (Å²) in [5.74, 6) is -2.34. The molecule has 33 heavy (non-hydrogen) atoms. The molecule has 1 atom stereocenters. The van der Waals surface area contributed by atoms with Gasteiger partial charge in [0.15, 0.2) is 0 Å². The Hall–Kier alpha value is -2.62. The molecule has 2 heterocycles. The van der Waals surface area contributed by atoms with Gasteiger partial charge in [-0.2, -0.15) is 4.31 Å². The Balaban J connectivity index is 1.45. The highest BCUT2D eigenvalue weighted by Crippen LogP contribution is 2.29. The Labute approximate surface area is 196 Å². The SMILES string of the molecule is Cc1ccc(C(NC(=O)C2CCN(S(=O)(=O)c3cc(F)ccc3F)CC2)c2cccs2)cc1. The van der Waals surface area contributed by atoms with Crippen molar-refractivity contribution in [3.8, 4) is 0 Å². The van der Waals surface area contributed by atoms with E-state index in [0.717, 1.165) is 32.4 Å². The van der Waals surface area contributed by atoms with Crippen LogP contribution in [0.15, 0.2) is 64.9 Å². The highest BCUT2D eigenvalue weighted by atomic mass is 32.2. The van der Waals surface area contributed by atoms with Crippen molar-refractivity contribution in [2.45, 2.75) is 30.7 Å². The van der Waals surface area contributed by atoms with Gasteiger partial charge in [0.05, 0.1) is 6.04 Å². The second kappa shape index (κ2) is 9.70. The first-order valence-corrected chi connectivity index (χ1v) is 12.9. The van der Waals surface area contributed by atoms with Gasteiger partial charge in [-0.1, -0.05) is 35.9 Å². The van der Waals surface area contributed by atoms with Crippen molar-refractivity contribution in [2.24, 2.45) is 5.92 Å². The molecule has 1 aliphatic heterocycles. The van der Waals surface area contributed by atoms with Crippen LogP contribution in [0.3, 0.4) is 0 Å². The molecule has 1 fully saturated rings. The highest BCUT2D eigenvalue weighted by molar-refractivity contribution is 7.89. The molecule has 1 unspecified atom stereocenters. The van der Waals surface area contributed by atoms with Crippen molar-refractivity contribution in [3.63, 3.8) is 0 Å². The Kier molecular flexibility index (Phi) is 6.92. The number of amides is 1. The molecule has 2 aromatic carbocycles. The molecule has 0 aliphatic carbocycles. The summed E-state index contributed by atoms with van der Waals surface area (Å²) in [5, 5.41) is 5.08. The number of halogens is 2. The molecule has 0 bridgehead atoms. The zero-order valence-electron chi connectivity index (χ0n) is 18.0. The van der Waals surface area contributed by atoms with E-state index >= 15 is 0 Å². The predicted octanol–water partition coefficient (Wildman–Crippen LogP) is 4.64. The van der Waals surface area contributed by atoms with Crippen molar-refractivity contribution in [3.05, 3.63) is 87.6 Å². The second-order valence-corrected chi connectivity index (χ2v) is 11.0. The van der Waals surface area contributed by atoms with Gasteiger partial charge in [-0.15, -0.1) is 11.3 Å². The standard InChI is InChI=1S/C24H24F2N2O3S2/c1-16-4-6-17(7-5-16)23(21-3-2-14-32-21)27-24(29)18-10-12-28(13-11-18)33(30,31)22-15-19(25)8-9-20(22)26/h2-9,14-15,18,23H,10-13H2,1H3,(H,27,29). The van der Waals surface area contributed by atoms with E-state index in [-0.39, 0.29) is 31.0 Å². The lowest BCUT2D eigenvalue weighted by Crippen LogP contribution is -2.43. The van der Waals surface area contributed by atoms with Crippen LogP contribution in [0.5, 0.6) is 0 Å². The number of aryl methyl sites for hydroxylation is 1. The minimum atomic E-state index is -4.18. The number of nitrogens with zero attached hydrogens (tertiary/aromatic N) is 1. The molecule has 3 aromatic rings. The number of hydrogen-bond acceptors (Lipinski definition) is 4. The molecule has 0 radical (unpaired) electrons. The summed E-state index contributed by atoms with van der Waals surface area (Å²) in [4.78, 5) is 13.4. The zero-order chi connectivity index (χ0) is 23.6. The lowest BCUT2D eigenvalue weighted by molar-refractivity contribution is -0.126. The maximum Gasteiger partial charge on any atom is 0.246 e. The number of piperidine rings is 1. The molecule has 4 rings (SSSR count). The number of sulfonamides is 1. The van der Waals surface area contributed by atoms with Crippen molar-refractivity contribution < 1.29 is 22.0 Å². The zero-order valence-corrected chi connectivity index (χ0v) is 19.6. The molecular weight excluding hydrogens is 466 g/mol. The van der Waals surface area contributed by atoms with E-state index in [1.165, 1.54) is 0 Å². The summed E-state index contributed by atoms with van der Waals surface area (Å²) in [5.41, 5.74) is 2.09. The number of carbonyl (C=O) groups is 1. The third-order valence-corrected chi connectivity index (χ3v) is 8.71. The van der Waals surface area contributed by atoms with Crippen molar-refractivity contribution in [1.82, 2.24) is 9.62 Å². The van der Waals surface area contributed by atoms with Gasteiger partial charge >= 0.3 is 0 Å². The third kappa shape index (κ3) is 5.15. The van der Waals surface area contributed by atoms with Crippen LogP contribution in [0.2, 0.25) is 0 Å². The number of benzene rings is 2. The Bertz CT molecular complexity index is 1220. The van der Waals surface area contributed by atoms with Gasteiger partial charge in [0, 0.05) is 23.9 Å². The predicted molar refractivity (Wildman–Crippen MR) is 123 cm³/mol. The Morgan fingerprint density at radius 2 is 1.79 bits per heavy atom. The Morgan fingerprint density at radius 3 is 2.42 bits per heavy atom. The summed E-state index contributed by atoms with van der Waals surface area (Å²) >= 11 is 1.55. The average molecular weight is 491 g/mol. The van der Waals surface area contributed by atoms with E-state index in [2.05, 4.69) is 5.32 Å². The first kappa shape index (κ1) is 23.5. The number of carbonyl (C=O) groups excluding carboxylic acids is 1. The lowest BCUT2D eigenvalue weighted by Gasteiger charge is -2.31. The number of thiophene rings is 1. The molecule has 0 spiro atoms. The quantitative estimate of drug-likeness (QED) is 0.547. The molecule has 0 saturated carbocycles. The van der Waals surface area contributed by atoms with Crippen LogP contribution in [-0.2, 0) is 14.8 Å². The van der Waals surface area contributed by atoms with Gasteiger partial charge in [-0.3, -0.25) is 4.79 Å². The van der Waals surface area contributed by atoms with E-state index in [9.17, 15) is 22.0 Å². The van der Waals surface area contributed by atoms with Gasteiger partial charge in [-0.25, -0.2) is 17.2 Å². The Morgan fingerprint density at radius 1 is 1.09 bits per heavy atom. The van der Waals surface area contributed by atoms with Crippen LogP contribution >= 0.6 is 11.3 Å². The number of hydrogen-bond donors (Lipinski definition) is 1. The van der Waals surface area contributed by atoms with Crippen LogP contribution in [0.4, 0.5) is 8.78 Å². The smallest absolute Gasteiger partial charge is 0.246 e. The summed E-state index contributed by atoms with van der Waals surface area (Å²) in [6.45, 7) is 2.12. The van der Waals surface area contributed by atoms with Gasteiger partial charge in [0.25, 0.3) is 0 Å². The lowest BCUT2D eigenvalue weighted by atomic mass is 9.95. The first-order chi connectivity index (χ1) is 15.8. The molecule has 174 valence electrons. The summed E-state index contributed by atoms with van der Waals surface area (Å²) in [6.07, 6.45) is 0.597. The van der Waals surface area contributed by atoms with Crippen molar-refractivity contribution in [1.29, 1.82) is 0 Å². The van der Waals surface area contributed by atoms with Crippen LogP contribution in [0.25, 0.3) is 0 Å². The first-order valence-electron chi connectivity index (χ1n) is 10.6. The van der Waals surface area contributed by atoms with Gasteiger partial charge in [0.1, 0.15) is 16.5 Å². The number of rotatable bonds is 6. The van der Waals surface area contributed by atoms with E-state index in [1.54, 1.807) is 11.3 Å². The van der Waals surface area contributed by atoms with E-state index < -0.39 is 26.6 Å². The van der Waals surface area contributed by atoms with Crippen LogP contribution in [-0.4, -0.2) is 31.7 Å². The van der Waals surface area contributed by atoms with Crippen LogP contribution in [0.1, 0.15) is 34.9 Å². The van der Waals surface area contributed by atoms with Crippen molar-refractivity contribution >= 4 is 27.3 Å². The molecule has 1 N–H and O–H groups in total. The fraction of sp³-hybridized carbons (Fsp3) is 0.292. The topological polar surface area (TPSA) is 66.5 Å². The second-order valence-electron chi connectivity index (χ2n) is 8.12. The normalized spacial score (nSPS) is 16.5. The fourth-order valence-corrected chi connectivity index (χ4v) is 6.31. The number of nitrogens with one attached hydrogen (secondary N) is 1. The molecule has 1 amide bonds. The maximum absolute atomic E-state index is 14.1. The molecule has 1 aliphatic rings. The van der Waals surface area contributed by atoms with Gasteiger partial charge in [-0.05, 0) is 55.0 Å². The maximum atomic E-state index is 14.1. The van der Waals surface area contributed by atoms with Gasteiger partial charge in [0.2, 0.25) is 15.9 Å². The largest absolute Gasteiger partial charge is 0.344 e. The molecular formula is C24H24F2N2O3S2. The highest BCUT2D eigenvalue weighted by Gasteiger charge is 2.34. The van der Waals surface area contributed by atoms with Gasteiger partial charge < -0.3 is 5.32 Å². The fourth-order valence-electron chi connectivity index (χ4n) is 3.97. The molecule has 5 nitrogen and oxygen atoms in total. The third-order valence-electron chi connectivity index (χ3n) is 5.86. The summed E-state index contributed by atoms with van der Waals surface area (Å²) in [6, 6.07) is 14.0. The molecule has 1 saturated heterocycles. The van der Waals surface area contributed by atoms with Crippen LogP contribution < -0.4 is 5.32 Å². The van der Waals surface area contributed by atoms with E-state index in [0.29, 0.717) is 18.9 Å². The summed E-state index contributed by atoms with van der Waals surface area (Å²) in [7, 11) is -4.18. The minimum absolute atomic E-state index is 0.0601.